The maximum absolute atomic E-state index is 11.4. The number of fused-ring (bicyclic) bond motifs is 1. The van der Waals surface area contributed by atoms with Gasteiger partial charge in [-0.1, -0.05) is 0 Å². The summed E-state index contributed by atoms with van der Waals surface area (Å²) in [6.45, 7) is 0. The van der Waals surface area contributed by atoms with E-state index in [1.165, 1.54) is 0 Å². The molecule has 102 valence electrons. The highest BCUT2D eigenvalue weighted by molar-refractivity contribution is 7.91. The molecule has 7 heteroatoms. The highest BCUT2D eigenvalue weighted by atomic mass is 32.2. The average molecular weight is 280 g/mol. The van der Waals surface area contributed by atoms with E-state index in [0.29, 0.717) is 12.8 Å². The highest BCUT2D eigenvalue weighted by Gasteiger charge is 2.24. The summed E-state index contributed by atoms with van der Waals surface area (Å²) in [5, 5.41) is 3.32. The van der Waals surface area contributed by atoms with Crippen molar-refractivity contribution < 1.29 is 8.42 Å². The molecule has 1 saturated heterocycles. The van der Waals surface area contributed by atoms with E-state index in [2.05, 4.69) is 15.3 Å². The Bertz CT molecular complexity index is 694. The van der Waals surface area contributed by atoms with Crippen LogP contribution in [0.2, 0.25) is 0 Å². The second-order valence-corrected chi connectivity index (χ2v) is 7.26. The van der Waals surface area contributed by atoms with Gasteiger partial charge in [0.2, 0.25) is 0 Å². The molecule has 0 saturated carbocycles. The molecule has 19 heavy (non-hydrogen) atoms. The number of nitrogens with zero attached hydrogens (tertiary/aromatic N) is 3. The fourth-order valence-corrected chi connectivity index (χ4v) is 3.89. The van der Waals surface area contributed by atoms with Gasteiger partial charge in [-0.15, -0.1) is 0 Å². The van der Waals surface area contributed by atoms with Gasteiger partial charge >= 0.3 is 0 Å². The van der Waals surface area contributed by atoms with Crippen LogP contribution < -0.4 is 5.32 Å². The number of hydrogen-bond acceptors (Lipinski definition) is 5. The quantitative estimate of drug-likeness (QED) is 0.886. The number of anilines is 1. The summed E-state index contributed by atoms with van der Waals surface area (Å²) in [5.41, 5.74) is 1.85. The van der Waals surface area contributed by atoms with Crippen LogP contribution in [0, 0.1) is 0 Å². The fourth-order valence-electron chi connectivity index (χ4n) is 2.40. The Kier molecular flexibility index (Phi) is 2.93. The summed E-state index contributed by atoms with van der Waals surface area (Å²) in [5.74, 6) is 1.24. The van der Waals surface area contributed by atoms with E-state index in [1.54, 1.807) is 12.5 Å². The van der Waals surface area contributed by atoms with E-state index in [4.69, 9.17) is 0 Å². The van der Waals surface area contributed by atoms with Gasteiger partial charge in [-0.3, -0.25) is 0 Å². The maximum Gasteiger partial charge on any atom is 0.154 e. The molecular formula is C12H16N4O2S. The third kappa shape index (κ3) is 2.42. The lowest BCUT2D eigenvalue weighted by Crippen LogP contribution is -2.32. The Labute approximate surface area is 111 Å². The zero-order valence-corrected chi connectivity index (χ0v) is 11.5. The molecule has 1 aliphatic rings. The Balaban J connectivity index is 1.82. The molecule has 3 heterocycles. The minimum absolute atomic E-state index is 0.156. The van der Waals surface area contributed by atoms with Crippen molar-refractivity contribution in [3.63, 3.8) is 0 Å². The minimum atomic E-state index is -2.83. The van der Waals surface area contributed by atoms with Crippen LogP contribution in [0.1, 0.15) is 12.8 Å². The molecule has 0 atom stereocenters. The molecule has 0 aliphatic carbocycles. The number of imidazole rings is 1. The van der Waals surface area contributed by atoms with E-state index in [-0.39, 0.29) is 17.5 Å². The normalized spacial score (nSPS) is 19.6. The Hall–Kier alpha value is -1.63. The van der Waals surface area contributed by atoms with Gasteiger partial charge in [0.1, 0.15) is 15.4 Å². The number of aromatic nitrogens is 3. The smallest absolute Gasteiger partial charge is 0.154 e. The number of nitrogens with one attached hydrogen (secondary N) is 1. The third-order valence-corrected chi connectivity index (χ3v) is 5.25. The summed E-state index contributed by atoms with van der Waals surface area (Å²) in [6, 6.07) is 2.07. The number of sulfone groups is 1. The van der Waals surface area contributed by atoms with Crippen molar-refractivity contribution in [2.75, 3.05) is 16.8 Å². The molecule has 0 radical (unpaired) electrons. The summed E-state index contributed by atoms with van der Waals surface area (Å²) in [4.78, 5) is 8.65. The summed E-state index contributed by atoms with van der Waals surface area (Å²) >= 11 is 0. The van der Waals surface area contributed by atoms with Gasteiger partial charge in [0.15, 0.2) is 5.82 Å². The van der Waals surface area contributed by atoms with Crippen molar-refractivity contribution in [2.45, 2.75) is 18.9 Å². The van der Waals surface area contributed by atoms with Crippen molar-refractivity contribution in [1.82, 2.24) is 14.5 Å². The molecule has 1 N–H and O–H groups in total. The van der Waals surface area contributed by atoms with Gasteiger partial charge in [0.25, 0.3) is 0 Å². The van der Waals surface area contributed by atoms with E-state index >= 15 is 0 Å². The van der Waals surface area contributed by atoms with Crippen LogP contribution in [0.3, 0.4) is 0 Å². The van der Waals surface area contributed by atoms with E-state index in [9.17, 15) is 8.42 Å². The van der Waals surface area contributed by atoms with Crippen molar-refractivity contribution in [2.24, 2.45) is 7.05 Å². The van der Waals surface area contributed by atoms with Crippen LogP contribution in [0.15, 0.2) is 18.6 Å². The highest BCUT2D eigenvalue weighted by Crippen LogP contribution is 2.22. The predicted octanol–water partition coefficient (Wildman–Crippen LogP) is 0.957. The summed E-state index contributed by atoms with van der Waals surface area (Å²) < 4.78 is 24.7. The molecule has 0 bridgehead atoms. The minimum Gasteiger partial charge on any atom is -0.365 e. The number of pyridine rings is 1. The molecule has 0 aromatic carbocycles. The Morgan fingerprint density at radius 2 is 2.05 bits per heavy atom. The van der Waals surface area contributed by atoms with E-state index in [1.807, 2.05) is 17.7 Å². The Morgan fingerprint density at radius 3 is 2.79 bits per heavy atom. The van der Waals surface area contributed by atoms with Gasteiger partial charge in [0, 0.05) is 19.3 Å². The zero-order chi connectivity index (χ0) is 13.5. The zero-order valence-electron chi connectivity index (χ0n) is 10.7. The monoisotopic (exact) mass is 280 g/mol. The molecule has 0 unspecified atom stereocenters. The molecule has 0 amide bonds. The fraction of sp³-hybridized carbons (Fsp3) is 0.500. The van der Waals surface area contributed by atoms with Crippen molar-refractivity contribution in [3.8, 4) is 0 Å². The largest absolute Gasteiger partial charge is 0.365 e. The molecule has 1 aliphatic heterocycles. The van der Waals surface area contributed by atoms with Crippen molar-refractivity contribution in [1.29, 1.82) is 0 Å². The van der Waals surface area contributed by atoms with Crippen molar-refractivity contribution in [3.05, 3.63) is 18.6 Å². The third-order valence-electron chi connectivity index (χ3n) is 3.54. The standard InChI is InChI=1S/C12H16N4O2S/c1-16-8-14-11-10(16)2-5-13-12(11)15-9-3-6-19(17,18)7-4-9/h2,5,8-9H,3-4,6-7H2,1H3,(H,13,15). The van der Waals surface area contributed by atoms with Gasteiger partial charge in [-0.05, 0) is 18.9 Å². The number of rotatable bonds is 2. The molecule has 1 fully saturated rings. The van der Waals surface area contributed by atoms with Crippen LogP contribution in [-0.4, -0.2) is 40.5 Å². The van der Waals surface area contributed by atoms with Crippen LogP contribution in [0.5, 0.6) is 0 Å². The predicted molar refractivity (Wildman–Crippen MR) is 73.8 cm³/mol. The first-order valence-electron chi connectivity index (χ1n) is 6.28. The second-order valence-electron chi connectivity index (χ2n) is 4.95. The van der Waals surface area contributed by atoms with Crippen LogP contribution in [-0.2, 0) is 16.9 Å². The molecule has 6 nitrogen and oxygen atoms in total. The van der Waals surface area contributed by atoms with E-state index < -0.39 is 9.84 Å². The molecule has 3 rings (SSSR count). The first-order chi connectivity index (χ1) is 9.05. The number of aryl methyl sites for hydroxylation is 1. The summed E-state index contributed by atoms with van der Waals surface area (Å²) in [6.07, 6.45) is 4.76. The van der Waals surface area contributed by atoms with Crippen LogP contribution >= 0.6 is 0 Å². The van der Waals surface area contributed by atoms with E-state index in [0.717, 1.165) is 16.9 Å². The lowest BCUT2D eigenvalue weighted by atomic mass is 10.1. The molecule has 2 aromatic rings. The molecular weight excluding hydrogens is 264 g/mol. The first kappa shape index (κ1) is 12.4. The molecule has 2 aromatic heterocycles. The van der Waals surface area contributed by atoms with Crippen LogP contribution in [0.25, 0.3) is 11.0 Å². The number of hydrogen-bond donors (Lipinski definition) is 1. The topological polar surface area (TPSA) is 76.9 Å². The van der Waals surface area contributed by atoms with Gasteiger partial charge in [0.05, 0.1) is 23.3 Å². The summed E-state index contributed by atoms with van der Waals surface area (Å²) in [7, 11) is -0.890. The Morgan fingerprint density at radius 1 is 1.32 bits per heavy atom. The van der Waals surface area contributed by atoms with Crippen molar-refractivity contribution >= 4 is 26.7 Å². The maximum atomic E-state index is 11.4. The van der Waals surface area contributed by atoms with Gasteiger partial charge < -0.3 is 9.88 Å². The lowest BCUT2D eigenvalue weighted by Gasteiger charge is -2.23. The average Bonchev–Trinajstić information content (AvgIpc) is 2.75. The molecule has 0 spiro atoms. The van der Waals surface area contributed by atoms with Crippen LogP contribution in [0.4, 0.5) is 5.82 Å². The SMILES string of the molecule is Cn1cnc2c(NC3CCS(=O)(=O)CC3)nccc21. The lowest BCUT2D eigenvalue weighted by molar-refractivity contribution is 0.559. The second kappa shape index (κ2) is 4.48. The van der Waals surface area contributed by atoms with Gasteiger partial charge in [-0.2, -0.15) is 0 Å². The van der Waals surface area contributed by atoms with Gasteiger partial charge in [-0.25, -0.2) is 18.4 Å². The first-order valence-corrected chi connectivity index (χ1v) is 8.10.